The van der Waals surface area contributed by atoms with Crippen molar-refractivity contribution in [2.75, 3.05) is 6.54 Å². The van der Waals surface area contributed by atoms with Crippen molar-refractivity contribution in [2.24, 2.45) is 7.05 Å². The maximum absolute atomic E-state index is 13.9. The lowest BCUT2D eigenvalue weighted by Crippen LogP contribution is -2.26. The van der Waals surface area contributed by atoms with Gasteiger partial charge in [-0.25, -0.2) is 4.39 Å². The van der Waals surface area contributed by atoms with E-state index in [0.29, 0.717) is 13.0 Å². The Labute approximate surface area is 160 Å². The fourth-order valence-electron chi connectivity index (χ4n) is 3.64. The number of halogens is 1. The van der Waals surface area contributed by atoms with Crippen LogP contribution in [0.25, 0.3) is 10.9 Å². The number of hydrogen-bond acceptors (Lipinski definition) is 1. The van der Waals surface area contributed by atoms with Gasteiger partial charge in [-0.1, -0.05) is 50.1 Å². The molecule has 1 aromatic heterocycles. The first kappa shape index (κ1) is 19.2. The monoisotopic (exact) mass is 366 g/mol. The van der Waals surface area contributed by atoms with Crippen molar-refractivity contribution in [3.05, 3.63) is 71.7 Å². The van der Waals surface area contributed by atoms with E-state index in [4.69, 9.17) is 0 Å². The molecule has 3 nitrogen and oxygen atoms in total. The summed E-state index contributed by atoms with van der Waals surface area (Å²) in [4.78, 5) is 12.6. The number of benzene rings is 2. The number of carbonyl (C=O) groups excluding carboxylic acids is 1. The van der Waals surface area contributed by atoms with E-state index in [2.05, 4.69) is 35.1 Å². The molecule has 1 N–H and O–H groups in total. The average Bonchev–Trinajstić information content (AvgIpc) is 3.00. The van der Waals surface area contributed by atoms with E-state index in [1.807, 2.05) is 25.2 Å². The van der Waals surface area contributed by atoms with Crippen molar-refractivity contribution in [3.63, 3.8) is 0 Å². The molecule has 1 heterocycles. The molecule has 0 saturated heterocycles. The zero-order valence-electron chi connectivity index (χ0n) is 16.0. The molecule has 1 atom stereocenters. The number of aromatic nitrogens is 1. The lowest BCUT2D eigenvalue weighted by Gasteiger charge is -2.17. The molecular weight excluding hydrogens is 339 g/mol. The SMILES string of the molecule is CCCCCNC(=O)C[C@H](c1cccc(F)c1)c1cn(C)c2ccccc12. The molecule has 0 bridgehead atoms. The molecule has 3 rings (SSSR count). The standard InChI is InChI=1S/C23H27FN2O/c1-3-4-7-13-25-23(27)15-20(17-9-8-10-18(24)14-17)21-16-26(2)22-12-6-5-11-19(21)22/h5-6,8-12,14,16,20H,3-4,7,13,15H2,1-2H3,(H,25,27)/t20-/m1/s1. The van der Waals surface area contributed by atoms with Crippen LogP contribution in [0, 0.1) is 5.82 Å². The molecule has 4 heteroatoms. The highest BCUT2D eigenvalue weighted by Crippen LogP contribution is 2.34. The molecule has 142 valence electrons. The van der Waals surface area contributed by atoms with Crippen LogP contribution < -0.4 is 5.32 Å². The Balaban J connectivity index is 1.92. The first-order valence-corrected chi connectivity index (χ1v) is 9.66. The Morgan fingerprint density at radius 2 is 1.96 bits per heavy atom. The topological polar surface area (TPSA) is 34.0 Å². The molecule has 2 aromatic carbocycles. The van der Waals surface area contributed by atoms with Crippen molar-refractivity contribution < 1.29 is 9.18 Å². The van der Waals surface area contributed by atoms with Gasteiger partial charge in [0.15, 0.2) is 0 Å². The number of para-hydroxylation sites is 1. The third-order valence-electron chi connectivity index (χ3n) is 5.05. The molecule has 0 fully saturated rings. The summed E-state index contributed by atoms with van der Waals surface area (Å²) in [5, 5.41) is 4.12. The highest BCUT2D eigenvalue weighted by atomic mass is 19.1. The summed E-state index contributed by atoms with van der Waals surface area (Å²) in [6.45, 7) is 2.83. The summed E-state index contributed by atoms with van der Waals surface area (Å²) in [5.74, 6) is -0.452. The molecule has 0 spiro atoms. The third-order valence-corrected chi connectivity index (χ3v) is 5.05. The van der Waals surface area contributed by atoms with Gasteiger partial charge in [0.1, 0.15) is 5.82 Å². The second kappa shape index (κ2) is 8.85. The van der Waals surface area contributed by atoms with Crippen LogP contribution in [0.4, 0.5) is 4.39 Å². The van der Waals surface area contributed by atoms with E-state index >= 15 is 0 Å². The van der Waals surface area contributed by atoms with E-state index in [1.165, 1.54) is 12.1 Å². The van der Waals surface area contributed by atoms with Gasteiger partial charge in [-0.15, -0.1) is 0 Å². The van der Waals surface area contributed by atoms with Gasteiger partial charge in [0.05, 0.1) is 0 Å². The largest absolute Gasteiger partial charge is 0.356 e. The smallest absolute Gasteiger partial charge is 0.220 e. The molecule has 1 amide bonds. The minimum absolute atomic E-state index is 0.00768. The van der Waals surface area contributed by atoms with Crippen LogP contribution in [0.1, 0.15) is 49.7 Å². The molecule has 0 aliphatic heterocycles. The maximum Gasteiger partial charge on any atom is 0.220 e. The first-order valence-electron chi connectivity index (χ1n) is 9.66. The molecule has 27 heavy (non-hydrogen) atoms. The van der Waals surface area contributed by atoms with Crippen LogP contribution in [-0.4, -0.2) is 17.0 Å². The zero-order valence-corrected chi connectivity index (χ0v) is 16.0. The third kappa shape index (κ3) is 4.57. The van der Waals surface area contributed by atoms with Gasteiger partial charge in [-0.05, 0) is 35.7 Å². The van der Waals surface area contributed by atoms with Crippen molar-refractivity contribution in [1.29, 1.82) is 0 Å². The van der Waals surface area contributed by atoms with Crippen molar-refractivity contribution >= 4 is 16.8 Å². The highest BCUT2D eigenvalue weighted by molar-refractivity contribution is 5.86. The summed E-state index contributed by atoms with van der Waals surface area (Å²) in [7, 11) is 2.00. The predicted molar refractivity (Wildman–Crippen MR) is 108 cm³/mol. The normalized spacial score (nSPS) is 12.3. The van der Waals surface area contributed by atoms with Crippen LogP contribution in [0.15, 0.2) is 54.7 Å². The molecule has 0 radical (unpaired) electrons. The van der Waals surface area contributed by atoms with Crippen LogP contribution in [0.2, 0.25) is 0 Å². The molecule has 0 aliphatic carbocycles. The zero-order chi connectivity index (χ0) is 19.2. The van der Waals surface area contributed by atoms with E-state index < -0.39 is 0 Å². The van der Waals surface area contributed by atoms with Crippen molar-refractivity contribution in [2.45, 2.75) is 38.5 Å². The Hall–Kier alpha value is -2.62. The average molecular weight is 366 g/mol. The van der Waals surface area contributed by atoms with Gasteiger partial charge in [0, 0.05) is 43.0 Å². The Morgan fingerprint density at radius 1 is 1.15 bits per heavy atom. The Kier molecular flexibility index (Phi) is 6.28. The van der Waals surface area contributed by atoms with Gasteiger partial charge in [0.25, 0.3) is 0 Å². The van der Waals surface area contributed by atoms with Gasteiger partial charge >= 0.3 is 0 Å². The molecule has 0 aliphatic rings. The van der Waals surface area contributed by atoms with Crippen LogP contribution in [0.5, 0.6) is 0 Å². The van der Waals surface area contributed by atoms with Crippen LogP contribution >= 0.6 is 0 Å². The number of aryl methyl sites for hydroxylation is 1. The Morgan fingerprint density at radius 3 is 2.74 bits per heavy atom. The molecule has 0 unspecified atom stereocenters. The fraction of sp³-hybridized carbons (Fsp3) is 0.348. The molecular formula is C23H27FN2O. The summed E-state index contributed by atoms with van der Waals surface area (Å²) in [6.07, 6.45) is 5.59. The van der Waals surface area contributed by atoms with Crippen LogP contribution in [0.3, 0.4) is 0 Å². The predicted octanol–water partition coefficient (Wildman–Crippen LogP) is 5.15. The number of amides is 1. The maximum atomic E-state index is 13.9. The highest BCUT2D eigenvalue weighted by Gasteiger charge is 2.22. The van der Waals surface area contributed by atoms with Crippen molar-refractivity contribution in [1.82, 2.24) is 9.88 Å². The number of fused-ring (bicyclic) bond motifs is 1. The first-order chi connectivity index (χ1) is 13.1. The van der Waals surface area contributed by atoms with E-state index in [1.54, 1.807) is 6.07 Å². The summed E-state index contributed by atoms with van der Waals surface area (Å²) in [5.41, 5.74) is 3.00. The second-order valence-corrected chi connectivity index (χ2v) is 7.08. The number of nitrogens with one attached hydrogen (secondary N) is 1. The van der Waals surface area contributed by atoms with E-state index in [0.717, 1.165) is 41.3 Å². The summed E-state index contributed by atoms with van der Waals surface area (Å²) in [6, 6.07) is 14.7. The molecule has 3 aromatic rings. The lowest BCUT2D eigenvalue weighted by molar-refractivity contribution is -0.121. The number of rotatable bonds is 8. The summed E-state index contributed by atoms with van der Waals surface area (Å²) < 4.78 is 15.9. The van der Waals surface area contributed by atoms with Gasteiger partial charge in [0.2, 0.25) is 5.91 Å². The minimum atomic E-state index is -0.277. The van der Waals surface area contributed by atoms with E-state index in [-0.39, 0.29) is 17.6 Å². The number of carbonyl (C=O) groups is 1. The van der Waals surface area contributed by atoms with Crippen molar-refractivity contribution in [3.8, 4) is 0 Å². The van der Waals surface area contributed by atoms with E-state index in [9.17, 15) is 9.18 Å². The fourth-order valence-corrected chi connectivity index (χ4v) is 3.64. The van der Waals surface area contributed by atoms with Gasteiger partial charge in [-0.2, -0.15) is 0 Å². The molecule has 0 saturated carbocycles. The minimum Gasteiger partial charge on any atom is -0.356 e. The quantitative estimate of drug-likeness (QED) is 0.550. The van der Waals surface area contributed by atoms with Gasteiger partial charge in [-0.3, -0.25) is 4.79 Å². The second-order valence-electron chi connectivity index (χ2n) is 7.08. The summed E-state index contributed by atoms with van der Waals surface area (Å²) >= 11 is 0. The number of nitrogens with zero attached hydrogens (tertiary/aromatic N) is 1. The Bertz CT molecular complexity index is 916. The van der Waals surface area contributed by atoms with Crippen LogP contribution in [-0.2, 0) is 11.8 Å². The number of hydrogen-bond donors (Lipinski definition) is 1. The lowest BCUT2D eigenvalue weighted by atomic mass is 9.88. The number of unbranched alkanes of at least 4 members (excludes halogenated alkanes) is 2. The van der Waals surface area contributed by atoms with Gasteiger partial charge < -0.3 is 9.88 Å².